The standard InChI is InChI=1S/C20H19NO3/c1-15(19-8-5-13-23-19)21-20(22)14-24-18-11-9-17(10-12-18)16-6-3-2-4-7-16/h2-13,15H,14H2,1H3,(H,21,22). The third kappa shape index (κ3) is 4.04. The second-order valence-corrected chi connectivity index (χ2v) is 5.48. The number of hydrogen-bond donors (Lipinski definition) is 1. The van der Waals surface area contributed by atoms with Crippen LogP contribution in [0.15, 0.2) is 77.4 Å². The number of ether oxygens (including phenoxy) is 1. The highest BCUT2D eigenvalue weighted by Gasteiger charge is 2.12. The van der Waals surface area contributed by atoms with Crippen LogP contribution < -0.4 is 10.1 Å². The molecular weight excluding hydrogens is 302 g/mol. The Hall–Kier alpha value is -3.01. The summed E-state index contributed by atoms with van der Waals surface area (Å²) in [4.78, 5) is 11.9. The highest BCUT2D eigenvalue weighted by Crippen LogP contribution is 2.22. The molecule has 0 aliphatic heterocycles. The number of hydrogen-bond acceptors (Lipinski definition) is 3. The van der Waals surface area contributed by atoms with Gasteiger partial charge in [-0.1, -0.05) is 42.5 Å². The lowest BCUT2D eigenvalue weighted by Gasteiger charge is -2.12. The van der Waals surface area contributed by atoms with Gasteiger partial charge in [0.1, 0.15) is 11.5 Å². The molecule has 1 unspecified atom stereocenters. The fourth-order valence-electron chi connectivity index (χ4n) is 2.42. The Kier molecular flexibility index (Phi) is 4.96. The Balaban J connectivity index is 1.52. The molecular formula is C20H19NO3. The highest BCUT2D eigenvalue weighted by molar-refractivity contribution is 5.78. The van der Waals surface area contributed by atoms with Gasteiger partial charge in [-0.15, -0.1) is 0 Å². The van der Waals surface area contributed by atoms with E-state index in [9.17, 15) is 4.79 Å². The van der Waals surface area contributed by atoms with E-state index >= 15 is 0 Å². The van der Waals surface area contributed by atoms with E-state index in [0.29, 0.717) is 5.75 Å². The number of carbonyl (C=O) groups excluding carboxylic acids is 1. The average molecular weight is 321 g/mol. The molecule has 0 spiro atoms. The minimum Gasteiger partial charge on any atom is -0.484 e. The van der Waals surface area contributed by atoms with Crippen LogP contribution in [0.3, 0.4) is 0 Å². The third-order valence-corrected chi connectivity index (χ3v) is 3.68. The quantitative estimate of drug-likeness (QED) is 0.740. The first-order valence-electron chi connectivity index (χ1n) is 7.83. The minimum atomic E-state index is -0.189. The van der Waals surface area contributed by atoms with Crippen LogP contribution in [-0.4, -0.2) is 12.5 Å². The summed E-state index contributed by atoms with van der Waals surface area (Å²) in [7, 11) is 0. The summed E-state index contributed by atoms with van der Waals surface area (Å²) in [6.07, 6.45) is 1.59. The van der Waals surface area contributed by atoms with Gasteiger partial charge in [-0.25, -0.2) is 0 Å². The van der Waals surface area contributed by atoms with E-state index in [1.807, 2.05) is 55.5 Å². The molecule has 0 saturated heterocycles. The predicted molar refractivity (Wildman–Crippen MR) is 92.6 cm³/mol. The first kappa shape index (κ1) is 15.9. The molecule has 24 heavy (non-hydrogen) atoms. The molecule has 4 heteroatoms. The molecule has 1 heterocycles. The van der Waals surface area contributed by atoms with Gasteiger partial charge in [0.25, 0.3) is 5.91 Å². The molecule has 122 valence electrons. The van der Waals surface area contributed by atoms with Crippen molar-refractivity contribution >= 4 is 5.91 Å². The number of nitrogens with one attached hydrogen (secondary N) is 1. The maximum absolute atomic E-state index is 11.9. The smallest absolute Gasteiger partial charge is 0.258 e. The minimum absolute atomic E-state index is 0.0320. The molecule has 1 amide bonds. The fourth-order valence-corrected chi connectivity index (χ4v) is 2.42. The van der Waals surface area contributed by atoms with Gasteiger partial charge in [-0.2, -0.15) is 0 Å². The van der Waals surface area contributed by atoms with Crippen molar-refractivity contribution in [3.8, 4) is 16.9 Å². The van der Waals surface area contributed by atoms with Crippen molar-refractivity contribution in [2.75, 3.05) is 6.61 Å². The molecule has 0 bridgehead atoms. The van der Waals surface area contributed by atoms with Crippen LogP contribution in [0.25, 0.3) is 11.1 Å². The van der Waals surface area contributed by atoms with Crippen LogP contribution in [0.5, 0.6) is 5.75 Å². The summed E-state index contributed by atoms with van der Waals surface area (Å²) in [5.41, 5.74) is 2.26. The van der Waals surface area contributed by atoms with Gasteiger partial charge in [0.15, 0.2) is 6.61 Å². The molecule has 3 rings (SSSR count). The summed E-state index contributed by atoms with van der Waals surface area (Å²) in [6, 6.07) is 21.2. The zero-order valence-electron chi connectivity index (χ0n) is 13.4. The third-order valence-electron chi connectivity index (χ3n) is 3.68. The Bertz CT molecular complexity index is 764. The van der Waals surface area contributed by atoms with Crippen molar-refractivity contribution in [1.82, 2.24) is 5.32 Å². The topological polar surface area (TPSA) is 51.5 Å². The molecule has 1 N–H and O–H groups in total. The van der Waals surface area contributed by atoms with Crippen molar-refractivity contribution in [2.45, 2.75) is 13.0 Å². The van der Waals surface area contributed by atoms with Crippen molar-refractivity contribution in [3.05, 3.63) is 78.8 Å². The molecule has 2 aromatic carbocycles. The lowest BCUT2D eigenvalue weighted by Crippen LogP contribution is -2.31. The Labute approximate surface area is 141 Å². The van der Waals surface area contributed by atoms with E-state index in [1.54, 1.807) is 12.3 Å². The number of amides is 1. The van der Waals surface area contributed by atoms with Crippen LogP contribution in [0.1, 0.15) is 18.7 Å². The number of rotatable bonds is 6. The highest BCUT2D eigenvalue weighted by atomic mass is 16.5. The van der Waals surface area contributed by atoms with Gasteiger partial charge >= 0.3 is 0 Å². The molecule has 0 saturated carbocycles. The second-order valence-electron chi connectivity index (χ2n) is 5.48. The van der Waals surface area contributed by atoms with Crippen LogP contribution >= 0.6 is 0 Å². The summed E-state index contributed by atoms with van der Waals surface area (Å²) < 4.78 is 10.8. The zero-order chi connectivity index (χ0) is 16.8. The summed E-state index contributed by atoms with van der Waals surface area (Å²) in [6.45, 7) is 1.83. The normalized spacial score (nSPS) is 11.7. The van der Waals surface area contributed by atoms with Crippen LogP contribution in [0.2, 0.25) is 0 Å². The predicted octanol–water partition coefficient (Wildman–Crippen LogP) is 4.20. The fraction of sp³-hybridized carbons (Fsp3) is 0.150. The number of benzene rings is 2. The maximum Gasteiger partial charge on any atom is 0.258 e. The Morgan fingerprint density at radius 2 is 1.71 bits per heavy atom. The van der Waals surface area contributed by atoms with E-state index in [1.165, 1.54) is 0 Å². The zero-order valence-corrected chi connectivity index (χ0v) is 13.4. The van der Waals surface area contributed by atoms with Gasteiger partial charge in [-0.05, 0) is 42.3 Å². The van der Waals surface area contributed by atoms with Gasteiger partial charge in [0.2, 0.25) is 0 Å². The second kappa shape index (κ2) is 7.51. The van der Waals surface area contributed by atoms with Crippen LogP contribution in [-0.2, 0) is 4.79 Å². The Morgan fingerprint density at radius 1 is 1.00 bits per heavy atom. The van der Waals surface area contributed by atoms with E-state index in [2.05, 4.69) is 17.4 Å². The van der Waals surface area contributed by atoms with Gasteiger partial charge in [-0.3, -0.25) is 4.79 Å². The maximum atomic E-state index is 11.9. The molecule has 3 aromatic rings. The molecule has 1 aromatic heterocycles. The van der Waals surface area contributed by atoms with Crippen molar-refractivity contribution in [2.24, 2.45) is 0 Å². The van der Waals surface area contributed by atoms with Gasteiger partial charge in [0, 0.05) is 0 Å². The molecule has 0 radical (unpaired) electrons. The largest absolute Gasteiger partial charge is 0.484 e. The van der Waals surface area contributed by atoms with Crippen molar-refractivity contribution in [1.29, 1.82) is 0 Å². The van der Waals surface area contributed by atoms with E-state index < -0.39 is 0 Å². The lowest BCUT2D eigenvalue weighted by molar-refractivity contribution is -0.123. The molecule has 1 atom stereocenters. The van der Waals surface area contributed by atoms with Crippen LogP contribution in [0, 0.1) is 0 Å². The first-order chi connectivity index (χ1) is 11.7. The van der Waals surface area contributed by atoms with Crippen molar-refractivity contribution in [3.63, 3.8) is 0 Å². The molecule has 4 nitrogen and oxygen atoms in total. The van der Waals surface area contributed by atoms with Gasteiger partial charge in [0.05, 0.1) is 12.3 Å². The number of furan rings is 1. The summed E-state index contributed by atoms with van der Waals surface area (Å²) in [5, 5.41) is 2.83. The Morgan fingerprint density at radius 3 is 2.38 bits per heavy atom. The van der Waals surface area contributed by atoms with Crippen molar-refractivity contribution < 1.29 is 13.9 Å². The lowest BCUT2D eigenvalue weighted by atomic mass is 10.1. The van der Waals surface area contributed by atoms with E-state index in [0.717, 1.165) is 16.9 Å². The summed E-state index contributed by atoms with van der Waals surface area (Å²) in [5.74, 6) is 1.19. The monoisotopic (exact) mass is 321 g/mol. The number of carbonyl (C=O) groups is 1. The van der Waals surface area contributed by atoms with E-state index in [4.69, 9.17) is 9.15 Å². The molecule has 0 aliphatic rings. The first-order valence-corrected chi connectivity index (χ1v) is 7.83. The van der Waals surface area contributed by atoms with Gasteiger partial charge < -0.3 is 14.5 Å². The van der Waals surface area contributed by atoms with Crippen LogP contribution in [0.4, 0.5) is 0 Å². The summed E-state index contributed by atoms with van der Waals surface area (Å²) >= 11 is 0. The molecule has 0 aliphatic carbocycles. The molecule has 0 fully saturated rings. The average Bonchev–Trinajstić information content (AvgIpc) is 3.16. The SMILES string of the molecule is CC(NC(=O)COc1ccc(-c2ccccc2)cc1)c1ccco1. The van der Waals surface area contributed by atoms with E-state index in [-0.39, 0.29) is 18.6 Å².